The van der Waals surface area contributed by atoms with Gasteiger partial charge in [-0.05, 0) is 69.5 Å². The molecule has 27 heavy (non-hydrogen) atoms. The summed E-state index contributed by atoms with van der Waals surface area (Å²) in [5.74, 6) is 0.174. The molecular formula is C22H27NO4. The van der Waals surface area contributed by atoms with Crippen LogP contribution in [-0.2, 0) is 16.1 Å². The standard InChI is InChI=1S/C22H27NO4/c1-14(2)27-22(25)18-7-5-6-12-23-19(18)13-15(3)20(23)21(24)16-8-10-17(26-4)11-9-16/h8-11,13-14,18H,5-7,12H2,1-4H3. The summed E-state index contributed by atoms with van der Waals surface area (Å²) in [7, 11) is 1.60. The molecule has 1 unspecified atom stereocenters. The molecule has 3 rings (SSSR count). The highest BCUT2D eigenvalue weighted by molar-refractivity contribution is 6.09. The van der Waals surface area contributed by atoms with Crippen LogP contribution in [-0.4, -0.2) is 29.5 Å². The summed E-state index contributed by atoms with van der Waals surface area (Å²) in [4.78, 5) is 25.8. The Balaban J connectivity index is 1.99. The molecule has 1 aromatic heterocycles. The summed E-state index contributed by atoms with van der Waals surface area (Å²) in [6, 6.07) is 9.12. The molecule has 0 bridgehead atoms. The third-order valence-corrected chi connectivity index (χ3v) is 5.00. The fourth-order valence-corrected chi connectivity index (χ4v) is 3.74. The van der Waals surface area contributed by atoms with Gasteiger partial charge < -0.3 is 14.0 Å². The van der Waals surface area contributed by atoms with Crippen LogP contribution in [0.25, 0.3) is 0 Å². The maximum absolute atomic E-state index is 13.2. The van der Waals surface area contributed by atoms with Crippen LogP contribution in [0.1, 0.15) is 66.3 Å². The number of hydrogen-bond acceptors (Lipinski definition) is 4. The molecule has 2 aromatic rings. The van der Waals surface area contributed by atoms with Crippen molar-refractivity contribution < 1.29 is 19.1 Å². The van der Waals surface area contributed by atoms with E-state index in [-0.39, 0.29) is 23.8 Å². The zero-order valence-electron chi connectivity index (χ0n) is 16.5. The first-order valence-electron chi connectivity index (χ1n) is 9.51. The molecule has 2 heterocycles. The first-order chi connectivity index (χ1) is 12.9. The van der Waals surface area contributed by atoms with Crippen molar-refractivity contribution in [3.63, 3.8) is 0 Å². The van der Waals surface area contributed by atoms with Gasteiger partial charge in [-0.3, -0.25) is 9.59 Å². The van der Waals surface area contributed by atoms with Gasteiger partial charge in [-0.2, -0.15) is 0 Å². The molecule has 1 aliphatic rings. The first-order valence-corrected chi connectivity index (χ1v) is 9.51. The lowest BCUT2D eigenvalue weighted by atomic mass is 9.99. The molecule has 1 aromatic carbocycles. The van der Waals surface area contributed by atoms with E-state index < -0.39 is 0 Å². The maximum atomic E-state index is 13.2. The highest BCUT2D eigenvalue weighted by atomic mass is 16.5. The van der Waals surface area contributed by atoms with Gasteiger partial charge in [0, 0.05) is 17.8 Å². The first kappa shape index (κ1) is 19.2. The number of carbonyl (C=O) groups excluding carboxylic acids is 2. The minimum absolute atomic E-state index is 0.0284. The van der Waals surface area contributed by atoms with E-state index in [4.69, 9.17) is 9.47 Å². The molecule has 0 N–H and O–H groups in total. The summed E-state index contributed by atoms with van der Waals surface area (Å²) in [5, 5.41) is 0. The van der Waals surface area contributed by atoms with Gasteiger partial charge in [0.1, 0.15) is 5.75 Å². The fourth-order valence-electron chi connectivity index (χ4n) is 3.74. The number of ketones is 1. The summed E-state index contributed by atoms with van der Waals surface area (Å²) >= 11 is 0. The minimum Gasteiger partial charge on any atom is -0.497 e. The Hall–Kier alpha value is -2.56. The second-order valence-electron chi connectivity index (χ2n) is 7.34. The second-order valence-corrected chi connectivity index (χ2v) is 7.34. The summed E-state index contributed by atoms with van der Waals surface area (Å²) in [6.45, 7) is 6.39. The average Bonchev–Trinajstić information content (AvgIpc) is 2.82. The van der Waals surface area contributed by atoms with E-state index in [0.29, 0.717) is 17.0 Å². The Morgan fingerprint density at radius 3 is 2.48 bits per heavy atom. The van der Waals surface area contributed by atoms with Crippen LogP contribution in [0, 0.1) is 6.92 Å². The molecule has 5 nitrogen and oxygen atoms in total. The number of methoxy groups -OCH3 is 1. The van der Waals surface area contributed by atoms with Crippen LogP contribution in [0.2, 0.25) is 0 Å². The Labute approximate surface area is 160 Å². The molecule has 144 valence electrons. The second kappa shape index (κ2) is 7.99. The molecule has 0 radical (unpaired) electrons. The number of aryl methyl sites for hydroxylation is 1. The molecule has 5 heteroatoms. The summed E-state index contributed by atoms with van der Waals surface area (Å²) in [5.41, 5.74) is 3.08. The van der Waals surface area contributed by atoms with Gasteiger partial charge in [-0.25, -0.2) is 0 Å². The quantitative estimate of drug-likeness (QED) is 0.584. The van der Waals surface area contributed by atoms with E-state index in [0.717, 1.165) is 37.1 Å². The van der Waals surface area contributed by atoms with Gasteiger partial charge in [0.05, 0.1) is 24.8 Å². The zero-order chi connectivity index (χ0) is 19.6. The molecule has 1 aliphatic heterocycles. The van der Waals surface area contributed by atoms with Gasteiger partial charge in [-0.1, -0.05) is 6.42 Å². The fraction of sp³-hybridized carbons (Fsp3) is 0.455. The van der Waals surface area contributed by atoms with E-state index in [9.17, 15) is 9.59 Å². The summed E-state index contributed by atoms with van der Waals surface area (Å²) < 4.78 is 12.7. The predicted octanol–water partition coefficient (Wildman–Crippen LogP) is 4.26. The van der Waals surface area contributed by atoms with Crippen LogP contribution in [0.15, 0.2) is 30.3 Å². The van der Waals surface area contributed by atoms with Gasteiger partial charge >= 0.3 is 5.97 Å². The van der Waals surface area contributed by atoms with Gasteiger partial charge in [0.15, 0.2) is 0 Å². The number of aromatic nitrogens is 1. The van der Waals surface area contributed by atoms with Crippen molar-refractivity contribution in [3.05, 3.63) is 52.8 Å². The van der Waals surface area contributed by atoms with Crippen molar-refractivity contribution >= 4 is 11.8 Å². The molecule has 0 aliphatic carbocycles. The Kier molecular flexibility index (Phi) is 5.68. The van der Waals surface area contributed by atoms with Gasteiger partial charge in [0.2, 0.25) is 5.78 Å². The van der Waals surface area contributed by atoms with Crippen molar-refractivity contribution in [1.82, 2.24) is 4.57 Å². The van der Waals surface area contributed by atoms with Gasteiger partial charge in [0.25, 0.3) is 0 Å². The predicted molar refractivity (Wildman–Crippen MR) is 103 cm³/mol. The van der Waals surface area contributed by atoms with Crippen molar-refractivity contribution in [1.29, 1.82) is 0 Å². The third-order valence-electron chi connectivity index (χ3n) is 5.00. The Morgan fingerprint density at radius 1 is 1.15 bits per heavy atom. The van der Waals surface area contributed by atoms with Crippen LogP contribution in [0.5, 0.6) is 5.75 Å². The van der Waals surface area contributed by atoms with Crippen LogP contribution >= 0.6 is 0 Å². The number of rotatable bonds is 5. The topological polar surface area (TPSA) is 57.5 Å². The zero-order valence-corrected chi connectivity index (χ0v) is 16.5. The average molecular weight is 369 g/mol. The number of hydrogen-bond donors (Lipinski definition) is 0. The maximum Gasteiger partial charge on any atom is 0.315 e. The SMILES string of the molecule is COc1ccc(C(=O)c2c(C)cc3n2CCCCC3C(=O)OC(C)C)cc1. The lowest BCUT2D eigenvalue weighted by Gasteiger charge is -2.18. The molecular weight excluding hydrogens is 342 g/mol. The lowest BCUT2D eigenvalue weighted by Crippen LogP contribution is -2.21. The normalized spacial score (nSPS) is 16.6. The third kappa shape index (κ3) is 3.92. The lowest BCUT2D eigenvalue weighted by molar-refractivity contribution is -0.149. The molecule has 0 amide bonds. The molecule has 1 atom stereocenters. The molecule has 0 spiro atoms. The van der Waals surface area contributed by atoms with Crippen LogP contribution in [0.4, 0.5) is 0 Å². The molecule has 0 saturated heterocycles. The number of benzene rings is 1. The van der Waals surface area contributed by atoms with Crippen LogP contribution in [0.3, 0.4) is 0 Å². The highest BCUT2D eigenvalue weighted by Gasteiger charge is 2.31. The number of ether oxygens (including phenoxy) is 2. The van der Waals surface area contributed by atoms with E-state index in [2.05, 4.69) is 0 Å². The number of carbonyl (C=O) groups is 2. The Morgan fingerprint density at radius 2 is 1.85 bits per heavy atom. The van der Waals surface area contributed by atoms with E-state index in [1.54, 1.807) is 31.4 Å². The number of fused-ring (bicyclic) bond motifs is 1. The largest absolute Gasteiger partial charge is 0.497 e. The van der Waals surface area contributed by atoms with Gasteiger partial charge in [-0.15, -0.1) is 0 Å². The van der Waals surface area contributed by atoms with Crippen molar-refractivity contribution in [3.8, 4) is 5.75 Å². The summed E-state index contributed by atoms with van der Waals surface area (Å²) in [6.07, 6.45) is 2.49. The number of nitrogens with zero attached hydrogens (tertiary/aromatic N) is 1. The molecule has 0 fully saturated rings. The highest BCUT2D eigenvalue weighted by Crippen LogP contribution is 2.33. The minimum atomic E-state index is -0.314. The van der Waals surface area contributed by atoms with Crippen molar-refractivity contribution in [2.75, 3.05) is 7.11 Å². The van der Waals surface area contributed by atoms with E-state index in [1.807, 2.05) is 31.4 Å². The smallest absolute Gasteiger partial charge is 0.315 e. The van der Waals surface area contributed by atoms with E-state index in [1.165, 1.54) is 0 Å². The van der Waals surface area contributed by atoms with Crippen molar-refractivity contribution in [2.24, 2.45) is 0 Å². The van der Waals surface area contributed by atoms with Crippen molar-refractivity contribution in [2.45, 2.75) is 58.6 Å². The van der Waals surface area contributed by atoms with E-state index >= 15 is 0 Å². The number of esters is 1. The van der Waals surface area contributed by atoms with Crippen LogP contribution < -0.4 is 4.74 Å². The Bertz CT molecular complexity index is 833. The molecule has 0 saturated carbocycles. The monoisotopic (exact) mass is 369 g/mol.